The standard InChI is InChI=1S/C17H27N5O/c18-17(21-14-5-2-1-3-6-14)19-13-15-7-4-8-16(20-15)22-9-11-23-12-10-22/h4,7-8,14H,1-3,5-6,9-13H2,(H3,18,19,21). The minimum Gasteiger partial charge on any atom is -0.378 e. The van der Waals surface area contributed by atoms with E-state index in [2.05, 4.69) is 15.2 Å². The van der Waals surface area contributed by atoms with Crippen molar-refractivity contribution < 1.29 is 4.74 Å². The largest absolute Gasteiger partial charge is 0.378 e. The number of hydrogen-bond donors (Lipinski definition) is 2. The van der Waals surface area contributed by atoms with Crippen molar-refractivity contribution in [1.82, 2.24) is 10.3 Å². The van der Waals surface area contributed by atoms with Crippen LogP contribution >= 0.6 is 0 Å². The van der Waals surface area contributed by atoms with Gasteiger partial charge in [-0.1, -0.05) is 25.3 Å². The number of morpholine rings is 1. The highest BCUT2D eigenvalue weighted by molar-refractivity contribution is 5.78. The highest BCUT2D eigenvalue weighted by atomic mass is 16.5. The molecule has 0 atom stereocenters. The van der Waals surface area contributed by atoms with Crippen LogP contribution < -0.4 is 16.0 Å². The van der Waals surface area contributed by atoms with Crippen LogP contribution in [0.5, 0.6) is 0 Å². The van der Waals surface area contributed by atoms with Crippen molar-refractivity contribution in [3.8, 4) is 0 Å². The average Bonchev–Trinajstić information content (AvgIpc) is 2.62. The van der Waals surface area contributed by atoms with Crippen molar-refractivity contribution in [2.24, 2.45) is 10.7 Å². The van der Waals surface area contributed by atoms with Crippen LogP contribution in [0.25, 0.3) is 0 Å². The molecule has 0 unspecified atom stereocenters. The van der Waals surface area contributed by atoms with Gasteiger partial charge in [0.25, 0.3) is 0 Å². The van der Waals surface area contributed by atoms with E-state index in [4.69, 9.17) is 15.5 Å². The number of nitrogens with zero attached hydrogens (tertiary/aromatic N) is 3. The average molecular weight is 317 g/mol. The molecule has 6 heteroatoms. The smallest absolute Gasteiger partial charge is 0.189 e. The molecule has 3 N–H and O–H groups in total. The lowest BCUT2D eigenvalue weighted by Gasteiger charge is -2.28. The third-order valence-electron chi connectivity index (χ3n) is 4.50. The molecule has 1 aromatic rings. The zero-order valence-corrected chi connectivity index (χ0v) is 13.7. The van der Waals surface area contributed by atoms with Crippen molar-refractivity contribution in [2.75, 3.05) is 31.2 Å². The molecule has 1 aromatic heterocycles. The molecule has 1 aliphatic carbocycles. The summed E-state index contributed by atoms with van der Waals surface area (Å²) in [6.07, 6.45) is 6.30. The Kier molecular flexibility index (Phi) is 5.69. The first kappa shape index (κ1) is 16.1. The number of pyridine rings is 1. The maximum absolute atomic E-state index is 6.02. The summed E-state index contributed by atoms with van der Waals surface area (Å²) in [6.45, 7) is 3.84. The monoisotopic (exact) mass is 317 g/mol. The number of nitrogens with one attached hydrogen (secondary N) is 1. The minimum absolute atomic E-state index is 0.486. The quantitative estimate of drug-likeness (QED) is 0.652. The van der Waals surface area contributed by atoms with Crippen molar-refractivity contribution in [3.05, 3.63) is 23.9 Å². The lowest BCUT2D eigenvalue weighted by Crippen LogP contribution is -2.41. The molecule has 0 radical (unpaired) electrons. The van der Waals surface area contributed by atoms with Gasteiger partial charge >= 0.3 is 0 Å². The Hall–Kier alpha value is -1.82. The Morgan fingerprint density at radius 3 is 2.83 bits per heavy atom. The zero-order chi connectivity index (χ0) is 15.9. The number of rotatable bonds is 4. The summed E-state index contributed by atoms with van der Waals surface area (Å²) in [5.74, 6) is 1.54. The molecule has 0 spiro atoms. The number of anilines is 1. The van der Waals surface area contributed by atoms with E-state index in [1.807, 2.05) is 18.2 Å². The molecular formula is C17H27N5O. The van der Waals surface area contributed by atoms with Gasteiger partial charge in [0.1, 0.15) is 5.82 Å². The highest BCUT2D eigenvalue weighted by Crippen LogP contribution is 2.17. The normalized spacial score (nSPS) is 20.5. The van der Waals surface area contributed by atoms with Crippen molar-refractivity contribution in [3.63, 3.8) is 0 Å². The maximum atomic E-state index is 6.02. The number of guanidine groups is 1. The molecule has 1 saturated heterocycles. The second-order valence-corrected chi connectivity index (χ2v) is 6.27. The molecule has 0 amide bonds. The first-order valence-electron chi connectivity index (χ1n) is 8.66. The summed E-state index contributed by atoms with van der Waals surface area (Å²) in [4.78, 5) is 11.4. The van der Waals surface area contributed by atoms with Gasteiger partial charge in [0.05, 0.1) is 25.5 Å². The molecule has 2 heterocycles. The lowest BCUT2D eigenvalue weighted by atomic mass is 9.96. The van der Waals surface area contributed by atoms with E-state index >= 15 is 0 Å². The van der Waals surface area contributed by atoms with Gasteiger partial charge < -0.3 is 20.7 Å². The topological polar surface area (TPSA) is 75.8 Å². The van der Waals surface area contributed by atoms with Gasteiger partial charge in [-0.15, -0.1) is 0 Å². The second kappa shape index (κ2) is 8.15. The van der Waals surface area contributed by atoms with Crippen LogP contribution in [0.3, 0.4) is 0 Å². The number of hydrogen-bond acceptors (Lipinski definition) is 4. The summed E-state index contributed by atoms with van der Waals surface area (Å²) in [7, 11) is 0. The van der Waals surface area contributed by atoms with Crippen molar-refractivity contribution in [2.45, 2.75) is 44.7 Å². The van der Waals surface area contributed by atoms with Gasteiger partial charge in [0.15, 0.2) is 5.96 Å². The molecule has 1 aliphatic heterocycles. The van der Waals surface area contributed by atoms with Crippen LogP contribution in [0.1, 0.15) is 37.8 Å². The Balaban J connectivity index is 1.55. The predicted octanol–water partition coefficient (Wildman–Crippen LogP) is 1.66. The summed E-state index contributed by atoms with van der Waals surface area (Å²) in [5.41, 5.74) is 6.96. The molecule has 23 heavy (non-hydrogen) atoms. The van der Waals surface area contributed by atoms with E-state index in [1.165, 1.54) is 32.1 Å². The van der Waals surface area contributed by atoms with E-state index in [0.29, 0.717) is 18.5 Å². The molecule has 0 bridgehead atoms. The van der Waals surface area contributed by atoms with Gasteiger partial charge in [-0.25, -0.2) is 9.98 Å². The van der Waals surface area contributed by atoms with Crippen molar-refractivity contribution >= 4 is 11.8 Å². The fourth-order valence-corrected chi connectivity index (χ4v) is 3.19. The molecule has 3 rings (SSSR count). The molecular weight excluding hydrogens is 290 g/mol. The SMILES string of the molecule is NC(=NCc1cccc(N2CCOCC2)n1)NC1CCCCC1. The van der Waals surface area contributed by atoms with Crippen molar-refractivity contribution in [1.29, 1.82) is 0 Å². The van der Waals surface area contributed by atoms with Gasteiger partial charge in [-0.05, 0) is 25.0 Å². The number of ether oxygens (including phenoxy) is 1. The summed E-state index contributed by atoms with van der Waals surface area (Å²) in [5, 5.41) is 3.34. The molecule has 6 nitrogen and oxygen atoms in total. The number of aliphatic imine (C=N–C) groups is 1. The molecule has 2 aliphatic rings. The van der Waals surface area contributed by atoms with Gasteiger partial charge in [-0.2, -0.15) is 0 Å². The molecule has 126 valence electrons. The third-order valence-corrected chi connectivity index (χ3v) is 4.50. The van der Waals surface area contributed by atoms with Crippen LogP contribution in [0, 0.1) is 0 Å². The second-order valence-electron chi connectivity index (χ2n) is 6.27. The number of nitrogens with two attached hydrogens (primary N) is 1. The first-order valence-corrected chi connectivity index (χ1v) is 8.66. The highest BCUT2D eigenvalue weighted by Gasteiger charge is 2.14. The minimum atomic E-state index is 0.486. The Morgan fingerprint density at radius 2 is 2.04 bits per heavy atom. The van der Waals surface area contributed by atoms with Crippen LogP contribution in [0.15, 0.2) is 23.2 Å². The summed E-state index contributed by atoms with van der Waals surface area (Å²) in [6, 6.07) is 6.57. The van der Waals surface area contributed by atoms with E-state index in [-0.39, 0.29) is 0 Å². The Morgan fingerprint density at radius 1 is 1.26 bits per heavy atom. The van der Waals surface area contributed by atoms with Gasteiger partial charge in [0, 0.05) is 19.1 Å². The van der Waals surface area contributed by atoms with E-state index in [0.717, 1.165) is 37.8 Å². The van der Waals surface area contributed by atoms with E-state index in [9.17, 15) is 0 Å². The third kappa shape index (κ3) is 4.82. The Bertz CT molecular complexity index is 521. The fraction of sp³-hybridized carbons (Fsp3) is 0.647. The summed E-state index contributed by atoms with van der Waals surface area (Å²) < 4.78 is 5.39. The van der Waals surface area contributed by atoms with Crippen LogP contribution in [-0.2, 0) is 11.3 Å². The Labute approximate surface area is 138 Å². The predicted molar refractivity (Wildman–Crippen MR) is 92.6 cm³/mol. The van der Waals surface area contributed by atoms with Crippen LogP contribution in [0.4, 0.5) is 5.82 Å². The first-order chi connectivity index (χ1) is 11.3. The van der Waals surface area contributed by atoms with E-state index < -0.39 is 0 Å². The summed E-state index contributed by atoms with van der Waals surface area (Å²) >= 11 is 0. The van der Waals surface area contributed by atoms with Gasteiger partial charge in [-0.3, -0.25) is 0 Å². The lowest BCUT2D eigenvalue weighted by molar-refractivity contribution is 0.122. The molecule has 0 aromatic carbocycles. The molecule has 1 saturated carbocycles. The van der Waals surface area contributed by atoms with Crippen LogP contribution in [-0.4, -0.2) is 43.3 Å². The maximum Gasteiger partial charge on any atom is 0.189 e. The molecule has 2 fully saturated rings. The van der Waals surface area contributed by atoms with E-state index in [1.54, 1.807) is 0 Å². The van der Waals surface area contributed by atoms with Crippen LogP contribution in [0.2, 0.25) is 0 Å². The fourth-order valence-electron chi connectivity index (χ4n) is 3.19. The zero-order valence-electron chi connectivity index (χ0n) is 13.7. The number of aromatic nitrogens is 1. The van der Waals surface area contributed by atoms with Gasteiger partial charge in [0.2, 0.25) is 0 Å².